The van der Waals surface area contributed by atoms with E-state index in [2.05, 4.69) is 4.98 Å². The van der Waals surface area contributed by atoms with Gasteiger partial charge in [0.15, 0.2) is 11.5 Å². The topological polar surface area (TPSA) is 86.5 Å². The average Bonchev–Trinajstić information content (AvgIpc) is 3.41. The number of amides is 1. The Morgan fingerprint density at radius 3 is 2.78 bits per heavy atom. The number of aromatic amines is 1. The van der Waals surface area contributed by atoms with E-state index in [-0.39, 0.29) is 11.3 Å². The minimum atomic E-state index is -0.720. The highest BCUT2D eigenvalue weighted by Crippen LogP contribution is 2.43. The SMILES string of the molecule is CCCN1C(=O)C(O)=C(C(=O)c2cc3cc(Cl)ccc3o2)C1c1c(C)[nH]c2ccccc12. The fourth-order valence-corrected chi connectivity index (χ4v) is 4.75. The number of rotatable bonds is 5. The minimum Gasteiger partial charge on any atom is -0.503 e. The molecule has 0 fully saturated rings. The molecule has 3 heterocycles. The van der Waals surface area contributed by atoms with E-state index in [4.69, 9.17) is 16.0 Å². The van der Waals surface area contributed by atoms with Crippen molar-refractivity contribution in [3.05, 3.63) is 81.9 Å². The van der Waals surface area contributed by atoms with Crippen LogP contribution in [-0.2, 0) is 4.79 Å². The predicted octanol–water partition coefficient (Wildman–Crippen LogP) is 5.86. The second-order valence-corrected chi connectivity index (χ2v) is 8.43. The number of benzene rings is 2. The van der Waals surface area contributed by atoms with Crippen LogP contribution in [0.1, 0.15) is 41.2 Å². The molecule has 4 aromatic rings. The first-order valence-electron chi connectivity index (χ1n) is 10.5. The number of carbonyl (C=O) groups excluding carboxylic acids is 2. The van der Waals surface area contributed by atoms with Gasteiger partial charge in [0, 0.05) is 39.1 Å². The number of hydrogen-bond acceptors (Lipinski definition) is 4. The molecule has 6 nitrogen and oxygen atoms in total. The van der Waals surface area contributed by atoms with Gasteiger partial charge in [-0.2, -0.15) is 0 Å². The number of nitrogens with zero attached hydrogens (tertiary/aromatic N) is 1. The number of hydrogen-bond donors (Lipinski definition) is 2. The highest BCUT2D eigenvalue weighted by Gasteiger charge is 2.45. The summed E-state index contributed by atoms with van der Waals surface area (Å²) in [5.41, 5.74) is 3.07. The zero-order chi connectivity index (χ0) is 22.6. The molecular formula is C25H21ClN2O4. The summed E-state index contributed by atoms with van der Waals surface area (Å²) in [6.45, 7) is 4.26. The molecule has 2 aromatic carbocycles. The van der Waals surface area contributed by atoms with Crippen molar-refractivity contribution in [2.75, 3.05) is 6.54 Å². The number of fused-ring (bicyclic) bond motifs is 2. The standard InChI is InChI=1S/C25H21ClN2O4/c1-3-10-28-22(20-13(2)27-17-7-5-4-6-16(17)20)21(24(30)25(28)31)23(29)19-12-14-11-15(26)8-9-18(14)32-19/h4-9,11-12,22,27,30H,3,10H2,1-2H3. The number of aliphatic hydroxyl groups is 1. The Balaban J connectivity index is 1.69. The molecule has 0 bridgehead atoms. The normalized spacial score (nSPS) is 16.7. The van der Waals surface area contributed by atoms with Crippen LogP contribution in [0.4, 0.5) is 0 Å². The van der Waals surface area contributed by atoms with Crippen molar-refractivity contribution in [1.29, 1.82) is 0 Å². The number of ketones is 1. The summed E-state index contributed by atoms with van der Waals surface area (Å²) in [6.07, 6.45) is 0.682. The molecule has 1 unspecified atom stereocenters. The number of aryl methyl sites for hydroxylation is 1. The summed E-state index contributed by atoms with van der Waals surface area (Å²) in [7, 11) is 0. The van der Waals surface area contributed by atoms with Gasteiger partial charge >= 0.3 is 0 Å². The average molecular weight is 449 g/mol. The number of Topliss-reactive ketones (excluding diaryl/α,β-unsaturated/α-hetero) is 1. The molecule has 5 rings (SSSR count). The minimum absolute atomic E-state index is 0.0291. The fraction of sp³-hybridized carbons (Fsp3) is 0.200. The van der Waals surface area contributed by atoms with Crippen molar-refractivity contribution in [2.24, 2.45) is 0 Å². The summed E-state index contributed by atoms with van der Waals surface area (Å²) in [4.78, 5) is 31.5. The van der Waals surface area contributed by atoms with Gasteiger partial charge in [0.25, 0.3) is 5.91 Å². The maximum Gasteiger partial charge on any atom is 0.290 e. The lowest BCUT2D eigenvalue weighted by Gasteiger charge is -2.26. The van der Waals surface area contributed by atoms with E-state index in [9.17, 15) is 14.7 Å². The van der Waals surface area contributed by atoms with Gasteiger partial charge in [0.2, 0.25) is 5.78 Å². The van der Waals surface area contributed by atoms with E-state index in [0.717, 1.165) is 22.2 Å². The Hall–Kier alpha value is -3.51. The molecule has 2 aromatic heterocycles. The maximum absolute atomic E-state index is 13.6. The van der Waals surface area contributed by atoms with Gasteiger partial charge in [-0.05, 0) is 43.7 Å². The molecule has 1 aliphatic heterocycles. The van der Waals surface area contributed by atoms with Crippen LogP contribution >= 0.6 is 11.6 Å². The number of furan rings is 1. The molecule has 2 N–H and O–H groups in total. The predicted molar refractivity (Wildman–Crippen MR) is 123 cm³/mol. The van der Waals surface area contributed by atoms with E-state index < -0.39 is 23.5 Å². The van der Waals surface area contributed by atoms with Crippen molar-refractivity contribution < 1.29 is 19.1 Å². The molecule has 0 radical (unpaired) electrons. The molecule has 0 saturated heterocycles. The van der Waals surface area contributed by atoms with E-state index in [1.165, 1.54) is 0 Å². The Bertz CT molecular complexity index is 1430. The third-order valence-electron chi connectivity index (χ3n) is 5.93. The molecule has 7 heteroatoms. The second-order valence-electron chi connectivity index (χ2n) is 7.99. The molecule has 1 atom stereocenters. The molecular weight excluding hydrogens is 428 g/mol. The van der Waals surface area contributed by atoms with Crippen LogP contribution in [0.5, 0.6) is 0 Å². The van der Waals surface area contributed by atoms with Gasteiger partial charge in [-0.1, -0.05) is 36.7 Å². The van der Waals surface area contributed by atoms with E-state index in [1.54, 1.807) is 29.2 Å². The van der Waals surface area contributed by atoms with E-state index >= 15 is 0 Å². The van der Waals surface area contributed by atoms with Crippen LogP contribution in [0.15, 0.2) is 64.3 Å². The summed E-state index contributed by atoms with van der Waals surface area (Å²) >= 11 is 6.06. The number of aromatic nitrogens is 1. The third kappa shape index (κ3) is 3.02. The number of H-pyrrole nitrogens is 1. The molecule has 1 aliphatic rings. The molecule has 0 saturated carbocycles. The third-order valence-corrected chi connectivity index (χ3v) is 6.17. The summed E-state index contributed by atoms with van der Waals surface area (Å²) < 4.78 is 5.77. The van der Waals surface area contributed by atoms with Crippen molar-refractivity contribution in [3.63, 3.8) is 0 Å². The van der Waals surface area contributed by atoms with Crippen LogP contribution in [0, 0.1) is 6.92 Å². The number of carbonyl (C=O) groups is 2. The zero-order valence-electron chi connectivity index (χ0n) is 17.6. The number of aliphatic hydroxyl groups excluding tert-OH is 1. The molecule has 32 heavy (non-hydrogen) atoms. The van der Waals surface area contributed by atoms with Crippen molar-refractivity contribution in [3.8, 4) is 0 Å². The van der Waals surface area contributed by atoms with Crippen LogP contribution in [0.3, 0.4) is 0 Å². The first-order valence-corrected chi connectivity index (χ1v) is 10.8. The number of para-hydroxylation sites is 1. The molecule has 162 valence electrons. The summed E-state index contributed by atoms with van der Waals surface area (Å²) in [6, 6.07) is 13.7. The highest BCUT2D eigenvalue weighted by atomic mass is 35.5. The van der Waals surface area contributed by atoms with Gasteiger partial charge in [-0.15, -0.1) is 0 Å². The van der Waals surface area contributed by atoms with Crippen molar-refractivity contribution in [2.45, 2.75) is 26.3 Å². The molecule has 1 amide bonds. The Labute approximate surface area is 189 Å². The summed E-state index contributed by atoms with van der Waals surface area (Å²) in [5.74, 6) is -1.55. The first kappa shape index (κ1) is 20.4. The highest BCUT2D eigenvalue weighted by molar-refractivity contribution is 6.31. The van der Waals surface area contributed by atoms with Gasteiger partial charge in [-0.25, -0.2) is 0 Å². The van der Waals surface area contributed by atoms with E-state index in [1.807, 2.05) is 38.1 Å². The first-order chi connectivity index (χ1) is 15.4. The molecule has 0 spiro atoms. The number of halogens is 1. The van der Waals surface area contributed by atoms with E-state index in [0.29, 0.717) is 29.0 Å². The number of nitrogens with one attached hydrogen (secondary N) is 1. The van der Waals surface area contributed by atoms with Crippen LogP contribution in [0.2, 0.25) is 5.02 Å². The van der Waals surface area contributed by atoms with Crippen LogP contribution < -0.4 is 0 Å². The maximum atomic E-state index is 13.6. The zero-order valence-corrected chi connectivity index (χ0v) is 18.4. The second kappa shape index (κ2) is 7.57. The van der Waals surface area contributed by atoms with Crippen LogP contribution in [0.25, 0.3) is 21.9 Å². The van der Waals surface area contributed by atoms with Gasteiger partial charge in [0.1, 0.15) is 5.58 Å². The molecule has 0 aliphatic carbocycles. The lowest BCUT2D eigenvalue weighted by atomic mass is 9.93. The van der Waals surface area contributed by atoms with Gasteiger partial charge in [-0.3, -0.25) is 9.59 Å². The largest absolute Gasteiger partial charge is 0.503 e. The summed E-state index contributed by atoms with van der Waals surface area (Å²) in [5, 5.41) is 12.9. The fourth-order valence-electron chi connectivity index (χ4n) is 4.57. The lowest BCUT2D eigenvalue weighted by Crippen LogP contribution is -2.32. The smallest absolute Gasteiger partial charge is 0.290 e. The van der Waals surface area contributed by atoms with Crippen molar-refractivity contribution >= 4 is 45.2 Å². The van der Waals surface area contributed by atoms with Gasteiger partial charge in [0.05, 0.1) is 11.6 Å². The quantitative estimate of drug-likeness (QED) is 0.374. The lowest BCUT2D eigenvalue weighted by molar-refractivity contribution is -0.129. The Morgan fingerprint density at radius 1 is 1.22 bits per heavy atom. The Morgan fingerprint density at radius 2 is 2.00 bits per heavy atom. The Kier molecular flexibility index (Phi) is 4.82. The van der Waals surface area contributed by atoms with Crippen LogP contribution in [-0.4, -0.2) is 33.2 Å². The monoisotopic (exact) mass is 448 g/mol. The van der Waals surface area contributed by atoms with Crippen molar-refractivity contribution in [1.82, 2.24) is 9.88 Å². The van der Waals surface area contributed by atoms with Gasteiger partial charge < -0.3 is 19.4 Å².